The van der Waals surface area contributed by atoms with Crippen molar-refractivity contribution >= 4 is 33.8 Å². The molecule has 1 aromatic heterocycles. The number of hydrogen-bond donors (Lipinski definition) is 1. The Morgan fingerprint density at radius 2 is 1.77 bits per heavy atom. The number of imidazole rings is 1. The van der Waals surface area contributed by atoms with E-state index in [2.05, 4.69) is 35.4 Å². The second-order valence-corrected chi connectivity index (χ2v) is 12.6. The zero-order chi connectivity index (χ0) is 27.8. The van der Waals surface area contributed by atoms with Crippen LogP contribution in [-0.4, -0.2) is 20.5 Å². The standard InChI is InChI=1S/C30H32F3N3O2S/c1-20-15-23(18-29(2,3)17-20)36-27-14-13-25(39(37)19-21-7-5-4-6-8-21)16-26(27)35-28(36)34-22-9-11-24(12-10-22)38-30(31,32)33/h4-14,16,20,23H,15,17-19H2,1-3H3,(H,34,35). The van der Waals surface area contributed by atoms with E-state index < -0.39 is 17.5 Å². The molecular weight excluding hydrogens is 523 g/mol. The highest BCUT2D eigenvalue weighted by atomic mass is 32.2. The number of benzene rings is 3. The molecule has 1 saturated carbocycles. The Kier molecular flexibility index (Phi) is 7.57. The first-order chi connectivity index (χ1) is 18.5. The van der Waals surface area contributed by atoms with Crippen LogP contribution in [0.2, 0.25) is 0 Å². The molecule has 3 unspecified atom stereocenters. The van der Waals surface area contributed by atoms with Crippen molar-refractivity contribution < 1.29 is 22.5 Å². The average molecular weight is 556 g/mol. The van der Waals surface area contributed by atoms with Crippen molar-refractivity contribution in [2.45, 2.75) is 63.1 Å². The third-order valence-electron chi connectivity index (χ3n) is 7.14. The lowest BCUT2D eigenvalue weighted by Gasteiger charge is -2.40. The van der Waals surface area contributed by atoms with E-state index in [-0.39, 0.29) is 17.2 Å². The first-order valence-corrected chi connectivity index (χ1v) is 14.3. The minimum absolute atomic E-state index is 0.157. The van der Waals surface area contributed by atoms with E-state index in [0.717, 1.165) is 35.9 Å². The molecule has 5 rings (SSSR count). The maximum absolute atomic E-state index is 13.2. The zero-order valence-electron chi connectivity index (χ0n) is 22.2. The van der Waals surface area contributed by atoms with Gasteiger partial charge in [0.05, 0.1) is 11.0 Å². The highest BCUT2D eigenvalue weighted by Crippen LogP contribution is 2.46. The predicted molar refractivity (Wildman–Crippen MR) is 149 cm³/mol. The number of rotatable bonds is 7. The van der Waals surface area contributed by atoms with E-state index in [1.807, 2.05) is 48.5 Å². The Morgan fingerprint density at radius 1 is 1.05 bits per heavy atom. The molecule has 9 heteroatoms. The van der Waals surface area contributed by atoms with Crippen LogP contribution in [0, 0.1) is 11.3 Å². The topological polar surface area (TPSA) is 62.1 Å². The maximum atomic E-state index is 13.2. The van der Waals surface area contributed by atoms with Gasteiger partial charge >= 0.3 is 6.36 Å². The summed E-state index contributed by atoms with van der Waals surface area (Å²) in [6, 6.07) is 21.3. The fourth-order valence-electron chi connectivity index (χ4n) is 5.85. The van der Waals surface area contributed by atoms with Crippen LogP contribution < -0.4 is 10.1 Å². The first kappa shape index (κ1) is 27.4. The van der Waals surface area contributed by atoms with Crippen LogP contribution in [0.4, 0.5) is 24.8 Å². The normalized spacial score (nSPS) is 20.1. The molecule has 1 fully saturated rings. The molecule has 0 bridgehead atoms. The number of nitrogens with zero attached hydrogens (tertiary/aromatic N) is 2. The Balaban J connectivity index is 1.49. The molecule has 1 aliphatic rings. The first-order valence-electron chi connectivity index (χ1n) is 13.0. The van der Waals surface area contributed by atoms with Crippen LogP contribution in [0.5, 0.6) is 5.75 Å². The second kappa shape index (κ2) is 10.8. The minimum atomic E-state index is -4.74. The van der Waals surface area contributed by atoms with Gasteiger partial charge in [-0.15, -0.1) is 13.2 Å². The van der Waals surface area contributed by atoms with E-state index in [1.54, 1.807) is 12.1 Å². The van der Waals surface area contributed by atoms with Gasteiger partial charge in [0.25, 0.3) is 0 Å². The highest BCUT2D eigenvalue weighted by Gasteiger charge is 2.35. The van der Waals surface area contributed by atoms with Crippen molar-refractivity contribution in [1.82, 2.24) is 9.55 Å². The molecule has 0 aliphatic heterocycles. The summed E-state index contributed by atoms with van der Waals surface area (Å²) < 4.78 is 57.2. The monoisotopic (exact) mass is 555 g/mol. The Hall–Kier alpha value is -3.17. The molecule has 1 aliphatic carbocycles. The summed E-state index contributed by atoms with van der Waals surface area (Å²) in [5, 5.41) is 3.32. The van der Waals surface area contributed by atoms with Gasteiger partial charge in [-0.3, -0.25) is 0 Å². The van der Waals surface area contributed by atoms with E-state index in [9.17, 15) is 17.7 Å². The number of nitrogens with one attached hydrogen (secondary N) is 1. The summed E-state index contributed by atoms with van der Waals surface area (Å²) in [7, 11) is 0. The summed E-state index contributed by atoms with van der Waals surface area (Å²) >= 11 is -1.24. The summed E-state index contributed by atoms with van der Waals surface area (Å²) in [6.45, 7) is 6.84. The Labute approximate surface area is 229 Å². The number of alkyl halides is 3. The quantitative estimate of drug-likeness (QED) is 0.233. The van der Waals surface area contributed by atoms with E-state index >= 15 is 0 Å². The molecule has 39 heavy (non-hydrogen) atoms. The molecule has 1 N–H and O–H groups in total. The van der Waals surface area contributed by atoms with E-state index in [0.29, 0.717) is 28.2 Å². The molecule has 1 heterocycles. The number of fused-ring (bicyclic) bond motifs is 1. The summed E-state index contributed by atoms with van der Waals surface area (Å²) in [5.74, 6) is 1.27. The predicted octanol–water partition coefficient (Wildman–Crippen LogP) is 8.37. The molecular formula is C30H32F3N3O2S. The summed E-state index contributed by atoms with van der Waals surface area (Å²) in [6.07, 6.45) is -1.64. The molecule has 4 aromatic rings. The van der Waals surface area contributed by atoms with Crippen molar-refractivity contribution in [3.05, 3.63) is 78.4 Å². The van der Waals surface area contributed by atoms with Crippen LogP contribution in [0.3, 0.4) is 0 Å². The second-order valence-electron chi connectivity index (χ2n) is 11.2. The van der Waals surface area contributed by atoms with Crippen LogP contribution in [0.25, 0.3) is 11.0 Å². The van der Waals surface area contributed by atoms with Gasteiger partial charge < -0.3 is 19.2 Å². The maximum Gasteiger partial charge on any atom is 0.573 e. The third kappa shape index (κ3) is 6.70. The molecule has 206 valence electrons. The van der Waals surface area contributed by atoms with Crippen molar-refractivity contribution in [3.63, 3.8) is 0 Å². The number of anilines is 2. The van der Waals surface area contributed by atoms with Crippen molar-refractivity contribution in [2.24, 2.45) is 11.3 Å². The van der Waals surface area contributed by atoms with E-state index in [1.165, 1.54) is 12.1 Å². The Bertz CT molecular complexity index is 1420. The molecule has 0 amide bonds. The van der Waals surface area contributed by atoms with Crippen molar-refractivity contribution in [1.29, 1.82) is 0 Å². The largest absolute Gasteiger partial charge is 0.611 e. The molecule has 3 aromatic carbocycles. The van der Waals surface area contributed by atoms with Gasteiger partial charge in [-0.05, 0) is 78.2 Å². The molecule has 0 saturated heterocycles. The number of aromatic nitrogens is 2. The lowest BCUT2D eigenvalue weighted by atomic mass is 9.70. The zero-order valence-corrected chi connectivity index (χ0v) is 23.0. The third-order valence-corrected chi connectivity index (χ3v) is 8.51. The van der Waals surface area contributed by atoms with Gasteiger partial charge in [-0.2, -0.15) is 0 Å². The van der Waals surface area contributed by atoms with Gasteiger partial charge in [-0.25, -0.2) is 4.98 Å². The number of ether oxygens (including phenoxy) is 1. The summed E-state index contributed by atoms with van der Waals surface area (Å²) in [5.41, 5.74) is 3.41. The van der Waals surface area contributed by atoms with Crippen LogP contribution in [0.1, 0.15) is 51.6 Å². The number of halogens is 3. The molecule has 0 spiro atoms. The molecule has 5 nitrogen and oxygen atoms in total. The van der Waals surface area contributed by atoms with Crippen LogP contribution in [0.15, 0.2) is 77.7 Å². The Morgan fingerprint density at radius 3 is 2.44 bits per heavy atom. The van der Waals surface area contributed by atoms with Gasteiger partial charge in [0.2, 0.25) is 5.95 Å². The summed E-state index contributed by atoms with van der Waals surface area (Å²) in [4.78, 5) is 5.60. The van der Waals surface area contributed by atoms with Gasteiger partial charge in [0.1, 0.15) is 11.5 Å². The van der Waals surface area contributed by atoms with Gasteiger partial charge in [0.15, 0.2) is 4.90 Å². The smallest absolute Gasteiger partial charge is 0.573 e. The van der Waals surface area contributed by atoms with Gasteiger partial charge in [0, 0.05) is 23.4 Å². The minimum Gasteiger partial charge on any atom is -0.611 e. The van der Waals surface area contributed by atoms with Crippen LogP contribution in [-0.2, 0) is 16.9 Å². The fraction of sp³-hybridized carbons (Fsp3) is 0.367. The lowest BCUT2D eigenvalue weighted by molar-refractivity contribution is -0.274. The SMILES string of the molecule is CC1CC(n2c(Nc3ccc(OC(F)(F)F)cc3)nc3cc([S+]([O-])Cc4ccccc4)ccc32)CC(C)(C)C1. The van der Waals surface area contributed by atoms with Gasteiger partial charge in [-0.1, -0.05) is 51.1 Å². The number of hydrogen-bond acceptors (Lipinski definition) is 4. The average Bonchev–Trinajstić information content (AvgIpc) is 3.20. The molecule has 0 radical (unpaired) electrons. The van der Waals surface area contributed by atoms with Crippen molar-refractivity contribution in [2.75, 3.05) is 5.32 Å². The van der Waals surface area contributed by atoms with Crippen LogP contribution >= 0.6 is 0 Å². The lowest BCUT2D eigenvalue weighted by Crippen LogP contribution is -2.29. The highest BCUT2D eigenvalue weighted by molar-refractivity contribution is 7.90. The fourth-order valence-corrected chi connectivity index (χ4v) is 6.97. The van der Waals surface area contributed by atoms with E-state index in [4.69, 9.17) is 4.98 Å². The molecule has 3 atom stereocenters. The van der Waals surface area contributed by atoms with Crippen molar-refractivity contribution in [3.8, 4) is 5.75 Å².